The predicted octanol–water partition coefficient (Wildman–Crippen LogP) is 3.96. The van der Waals surface area contributed by atoms with E-state index in [-0.39, 0.29) is 11.0 Å². The minimum absolute atomic E-state index is 0.0258. The van der Waals surface area contributed by atoms with Crippen molar-refractivity contribution in [2.75, 3.05) is 18.0 Å². The van der Waals surface area contributed by atoms with E-state index in [0.29, 0.717) is 12.5 Å². The molecule has 1 aliphatic carbocycles. The van der Waals surface area contributed by atoms with Gasteiger partial charge in [0.1, 0.15) is 0 Å². The first-order valence-electron chi connectivity index (χ1n) is 10.8. The Bertz CT molecular complexity index is 1090. The Morgan fingerprint density at radius 1 is 1.03 bits per heavy atom. The van der Waals surface area contributed by atoms with Crippen LogP contribution in [0, 0.1) is 11.3 Å². The summed E-state index contributed by atoms with van der Waals surface area (Å²) in [5.74, 6) is 1.47. The Morgan fingerprint density at radius 3 is 2.43 bits per heavy atom. The average Bonchev–Trinajstić information content (AvgIpc) is 3.16. The van der Waals surface area contributed by atoms with Crippen molar-refractivity contribution in [2.45, 2.75) is 39.7 Å². The minimum atomic E-state index is 0.0258. The molecule has 1 aromatic carbocycles. The Morgan fingerprint density at radius 2 is 1.73 bits per heavy atom. The molecule has 0 unspecified atom stereocenters. The van der Waals surface area contributed by atoms with Crippen molar-refractivity contribution in [2.24, 2.45) is 11.3 Å². The Hall–Kier alpha value is -2.95. The zero-order valence-corrected chi connectivity index (χ0v) is 17.7. The van der Waals surface area contributed by atoms with Gasteiger partial charge >= 0.3 is 0 Å². The summed E-state index contributed by atoms with van der Waals surface area (Å²) in [6, 6.07) is 14.3. The van der Waals surface area contributed by atoms with Crippen LogP contribution in [-0.4, -0.2) is 27.6 Å². The van der Waals surface area contributed by atoms with Crippen molar-refractivity contribution < 1.29 is 0 Å². The van der Waals surface area contributed by atoms with Crippen LogP contribution in [-0.2, 0) is 19.4 Å². The molecule has 5 heteroatoms. The summed E-state index contributed by atoms with van der Waals surface area (Å²) in [5, 5.41) is 0. The van der Waals surface area contributed by atoms with Gasteiger partial charge in [0.05, 0.1) is 5.69 Å². The predicted molar refractivity (Wildman–Crippen MR) is 120 cm³/mol. The standard InChI is InChI=1S/C25H28N4O/c1-25(2)16-28(12-9-18-13-20-5-3-4-6-21(20)14-18)24-27-22(15-23(30)29(24)17-25)19-7-10-26-11-8-19/h3-8,10-11,15,18H,9,12-14,16-17H2,1-2H3. The molecule has 0 spiro atoms. The molecule has 0 amide bonds. The SMILES string of the molecule is CC1(C)CN(CCC2Cc3ccccc3C2)c2nc(-c3ccncc3)cc(=O)n2C1. The second kappa shape index (κ2) is 7.38. The van der Waals surface area contributed by atoms with E-state index in [1.54, 1.807) is 18.5 Å². The summed E-state index contributed by atoms with van der Waals surface area (Å²) in [6.07, 6.45) is 6.91. The van der Waals surface area contributed by atoms with Crippen molar-refractivity contribution in [3.05, 3.63) is 76.3 Å². The fourth-order valence-corrected chi connectivity index (χ4v) is 4.99. The minimum Gasteiger partial charge on any atom is -0.342 e. The van der Waals surface area contributed by atoms with Gasteiger partial charge in [-0.3, -0.25) is 14.3 Å². The number of hydrogen-bond donors (Lipinski definition) is 0. The summed E-state index contributed by atoms with van der Waals surface area (Å²) in [7, 11) is 0. The highest BCUT2D eigenvalue weighted by molar-refractivity contribution is 5.59. The molecular formula is C25H28N4O. The van der Waals surface area contributed by atoms with E-state index in [0.717, 1.165) is 49.6 Å². The molecule has 2 aromatic heterocycles. The Kier molecular flexibility index (Phi) is 4.69. The third-order valence-electron chi connectivity index (χ3n) is 6.39. The third-order valence-corrected chi connectivity index (χ3v) is 6.39. The molecule has 5 rings (SSSR count). The van der Waals surface area contributed by atoms with Gasteiger partial charge in [0.2, 0.25) is 5.95 Å². The number of hydrogen-bond acceptors (Lipinski definition) is 4. The summed E-state index contributed by atoms with van der Waals surface area (Å²) < 4.78 is 1.86. The van der Waals surface area contributed by atoms with Crippen LogP contribution in [0.4, 0.5) is 5.95 Å². The van der Waals surface area contributed by atoms with Crippen LogP contribution in [0.15, 0.2) is 59.7 Å². The maximum atomic E-state index is 13.0. The van der Waals surface area contributed by atoms with Gasteiger partial charge in [-0.15, -0.1) is 0 Å². The summed E-state index contributed by atoms with van der Waals surface area (Å²) in [5.41, 5.74) is 4.72. The second-order valence-corrected chi connectivity index (χ2v) is 9.52. The molecule has 0 saturated carbocycles. The van der Waals surface area contributed by atoms with E-state index in [4.69, 9.17) is 4.98 Å². The van der Waals surface area contributed by atoms with E-state index < -0.39 is 0 Å². The number of aromatic nitrogens is 3. The summed E-state index contributed by atoms with van der Waals surface area (Å²) >= 11 is 0. The quantitative estimate of drug-likeness (QED) is 0.665. The molecule has 3 heterocycles. The fraction of sp³-hybridized carbons (Fsp3) is 0.400. The lowest BCUT2D eigenvalue weighted by Crippen LogP contribution is -2.48. The number of fused-ring (bicyclic) bond motifs is 2. The van der Waals surface area contributed by atoms with Crippen molar-refractivity contribution in [1.82, 2.24) is 14.5 Å². The first-order chi connectivity index (χ1) is 14.5. The number of benzene rings is 1. The van der Waals surface area contributed by atoms with E-state index in [9.17, 15) is 4.79 Å². The third kappa shape index (κ3) is 3.64. The van der Waals surface area contributed by atoms with Crippen LogP contribution in [0.25, 0.3) is 11.3 Å². The van der Waals surface area contributed by atoms with Crippen molar-refractivity contribution in [1.29, 1.82) is 0 Å². The molecule has 0 saturated heterocycles. The summed E-state index contributed by atoms with van der Waals surface area (Å²) in [6.45, 7) is 7.01. The molecule has 0 atom stereocenters. The van der Waals surface area contributed by atoms with Gasteiger partial charge in [-0.1, -0.05) is 38.1 Å². The molecule has 0 bridgehead atoms. The zero-order chi connectivity index (χ0) is 20.7. The van der Waals surface area contributed by atoms with E-state index in [2.05, 4.69) is 48.0 Å². The number of nitrogens with zero attached hydrogens (tertiary/aromatic N) is 4. The Balaban J connectivity index is 1.42. The summed E-state index contributed by atoms with van der Waals surface area (Å²) in [4.78, 5) is 24.3. The first-order valence-corrected chi connectivity index (χ1v) is 10.8. The molecule has 0 N–H and O–H groups in total. The maximum absolute atomic E-state index is 13.0. The zero-order valence-electron chi connectivity index (χ0n) is 17.7. The topological polar surface area (TPSA) is 51.0 Å². The van der Waals surface area contributed by atoms with Crippen LogP contribution in [0.3, 0.4) is 0 Å². The fourth-order valence-electron chi connectivity index (χ4n) is 4.99. The highest BCUT2D eigenvalue weighted by Gasteiger charge is 2.33. The van der Waals surface area contributed by atoms with Crippen LogP contribution >= 0.6 is 0 Å². The Labute approximate surface area is 177 Å². The van der Waals surface area contributed by atoms with Gasteiger partial charge in [0, 0.05) is 49.1 Å². The van der Waals surface area contributed by atoms with Gasteiger partial charge < -0.3 is 4.90 Å². The van der Waals surface area contributed by atoms with Crippen molar-refractivity contribution >= 4 is 5.95 Å². The van der Waals surface area contributed by atoms with E-state index >= 15 is 0 Å². The molecule has 3 aromatic rings. The van der Waals surface area contributed by atoms with Crippen molar-refractivity contribution in [3.63, 3.8) is 0 Å². The second-order valence-electron chi connectivity index (χ2n) is 9.52. The van der Waals surface area contributed by atoms with Crippen molar-refractivity contribution in [3.8, 4) is 11.3 Å². The smallest absolute Gasteiger partial charge is 0.255 e. The van der Waals surface area contributed by atoms with Gasteiger partial charge in [0.15, 0.2) is 0 Å². The molecule has 5 nitrogen and oxygen atoms in total. The lowest BCUT2D eigenvalue weighted by atomic mass is 9.90. The first kappa shape index (κ1) is 19.0. The molecule has 2 aliphatic rings. The molecule has 0 radical (unpaired) electrons. The molecule has 0 fully saturated rings. The van der Waals surface area contributed by atoms with Gasteiger partial charge in [0.25, 0.3) is 5.56 Å². The van der Waals surface area contributed by atoms with E-state index in [1.165, 1.54) is 11.1 Å². The number of rotatable bonds is 4. The largest absolute Gasteiger partial charge is 0.342 e. The van der Waals surface area contributed by atoms with Gasteiger partial charge in [-0.05, 0) is 48.4 Å². The molecule has 154 valence electrons. The highest BCUT2D eigenvalue weighted by atomic mass is 16.1. The van der Waals surface area contributed by atoms with Crippen LogP contribution in [0.5, 0.6) is 0 Å². The lowest BCUT2D eigenvalue weighted by molar-refractivity contribution is 0.271. The van der Waals surface area contributed by atoms with Crippen LogP contribution in [0.1, 0.15) is 31.4 Å². The maximum Gasteiger partial charge on any atom is 0.255 e. The van der Waals surface area contributed by atoms with E-state index in [1.807, 2.05) is 16.7 Å². The molecule has 1 aliphatic heterocycles. The average molecular weight is 401 g/mol. The van der Waals surface area contributed by atoms with Crippen LogP contribution < -0.4 is 10.5 Å². The van der Waals surface area contributed by atoms with Crippen LogP contribution in [0.2, 0.25) is 0 Å². The highest BCUT2D eigenvalue weighted by Crippen LogP contribution is 2.33. The number of pyridine rings is 1. The molecule has 30 heavy (non-hydrogen) atoms. The number of anilines is 1. The monoisotopic (exact) mass is 400 g/mol. The van der Waals surface area contributed by atoms with Gasteiger partial charge in [-0.25, -0.2) is 4.98 Å². The lowest BCUT2D eigenvalue weighted by Gasteiger charge is -2.40. The van der Waals surface area contributed by atoms with Gasteiger partial charge in [-0.2, -0.15) is 0 Å². The molecular weight excluding hydrogens is 372 g/mol. The normalized spacial score (nSPS) is 17.6.